The zero-order chi connectivity index (χ0) is 17.9. The molecular weight excluding hydrogens is 302 g/mol. The van der Waals surface area contributed by atoms with Gasteiger partial charge in [0, 0.05) is 12.6 Å². The summed E-state index contributed by atoms with van der Waals surface area (Å²) in [6.45, 7) is 6.37. The highest BCUT2D eigenvalue weighted by atomic mass is 16.2. The van der Waals surface area contributed by atoms with Crippen LogP contribution >= 0.6 is 0 Å². The van der Waals surface area contributed by atoms with Gasteiger partial charge in [-0.3, -0.25) is 9.59 Å². The minimum Gasteiger partial charge on any atom is -0.350 e. The first-order chi connectivity index (χ1) is 11.5. The van der Waals surface area contributed by atoms with Crippen LogP contribution in [0.25, 0.3) is 0 Å². The van der Waals surface area contributed by atoms with E-state index in [9.17, 15) is 9.59 Å². The molecule has 24 heavy (non-hydrogen) atoms. The fourth-order valence-corrected chi connectivity index (χ4v) is 2.53. The van der Waals surface area contributed by atoms with Gasteiger partial charge >= 0.3 is 0 Å². The molecule has 0 heterocycles. The Morgan fingerprint density at radius 1 is 1.12 bits per heavy atom. The number of nitrogens with two attached hydrogens (primary N) is 1. The Hall–Kier alpha value is -1.88. The molecule has 0 saturated carbocycles. The molecule has 2 unspecified atom stereocenters. The van der Waals surface area contributed by atoms with Crippen molar-refractivity contribution >= 4 is 11.8 Å². The Morgan fingerprint density at radius 2 is 1.79 bits per heavy atom. The highest BCUT2D eigenvalue weighted by molar-refractivity contribution is 5.88. The minimum absolute atomic E-state index is 0.00863. The van der Waals surface area contributed by atoms with Crippen molar-refractivity contribution in [2.45, 2.75) is 58.5 Å². The van der Waals surface area contributed by atoms with E-state index >= 15 is 0 Å². The highest BCUT2D eigenvalue weighted by Gasteiger charge is 2.25. The van der Waals surface area contributed by atoms with Gasteiger partial charge in [0.15, 0.2) is 0 Å². The van der Waals surface area contributed by atoms with Crippen LogP contribution in [0.2, 0.25) is 0 Å². The summed E-state index contributed by atoms with van der Waals surface area (Å²) >= 11 is 0. The molecule has 0 radical (unpaired) electrons. The number of unbranched alkanes of at least 4 members (excludes halogenated alkanes) is 1. The first kappa shape index (κ1) is 20.2. The number of hydrogen-bond donors (Lipinski definition) is 3. The lowest BCUT2D eigenvalue weighted by molar-refractivity contribution is -0.130. The maximum atomic E-state index is 12.5. The molecule has 2 atom stereocenters. The average molecular weight is 333 g/mol. The van der Waals surface area contributed by atoms with E-state index in [0.717, 1.165) is 24.8 Å². The van der Waals surface area contributed by atoms with E-state index in [1.165, 1.54) is 0 Å². The predicted octanol–water partition coefficient (Wildman–Crippen LogP) is 2.00. The fourth-order valence-electron chi connectivity index (χ4n) is 2.53. The normalized spacial score (nSPS) is 13.4. The Labute approximate surface area is 145 Å². The Morgan fingerprint density at radius 3 is 2.33 bits per heavy atom. The molecule has 2 amide bonds. The number of rotatable bonds is 10. The second-order valence-corrected chi connectivity index (χ2v) is 6.54. The summed E-state index contributed by atoms with van der Waals surface area (Å²) in [6, 6.07) is 8.93. The van der Waals surface area contributed by atoms with Gasteiger partial charge in [-0.15, -0.1) is 0 Å². The third kappa shape index (κ3) is 7.13. The fraction of sp³-hybridized carbons (Fsp3) is 0.579. The van der Waals surface area contributed by atoms with Crippen molar-refractivity contribution in [1.29, 1.82) is 0 Å². The first-order valence-electron chi connectivity index (χ1n) is 8.81. The molecule has 0 fully saturated rings. The van der Waals surface area contributed by atoms with Crippen molar-refractivity contribution in [3.05, 3.63) is 35.9 Å². The third-order valence-electron chi connectivity index (χ3n) is 4.01. The van der Waals surface area contributed by atoms with E-state index in [1.54, 1.807) is 0 Å². The molecule has 1 rings (SSSR count). The van der Waals surface area contributed by atoms with E-state index in [-0.39, 0.29) is 30.2 Å². The Kier molecular flexibility index (Phi) is 9.08. The first-order valence-corrected chi connectivity index (χ1v) is 8.81. The van der Waals surface area contributed by atoms with Crippen molar-refractivity contribution in [1.82, 2.24) is 10.6 Å². The maximum Gasteiger partial charge on any atom is 0.243 e. The van der Waals surface area contributed by atoms with Gasteiger partial charge in [0.2, 0.25) is 11.8 Å². The van der Waals surface area contributed by atoms with Gasteiger partial charge in [0.1, 0.15) is 6.04 Å². The number of hydrogen-bond acceptors (Lipinski definition) is 3. The van der Waals surface area contributed by atoms with Crippen molar-refractivity contribution in [2.75, 3.05) is 6.54 Å². The van der Waals surface area contributed by atoms with Gasteiger partial charge in [-0.1, -0.05) is 63.9 Å². The summed E-state index contributed by atoms with van der Waals surface area (Å²) in [6.07, 6.45) is 3.22. The van der Waals surface area contributed by atoms with Gasteiger partial charge in [0.25, 0.3) is 0 Å². The van der Waals surface area contributed by atoms with E-state index < -0.39 is 6.04 Å². The zero-order valence-electron chi connectivity index (χ0n) is 15.0. The second-order valence-electron chi connectivity index (χ2n) is 6.54. The standard InChI is InChI=1S/C19H31N3O2/c1-4-5-11-16(13-20)21-19(24)18(14(2)3)22-17(23)12-15-9-7-6-8-10-15/h6-10,14,16,18H,4-5,11-13,20H2,1-3H3,(H,21,24)(H,22,23). The molecule has 0 bridgehead atoms. The molecule has 5 nitrogen and oxygen atoms in total. The third-order valence-corrected chi connectivity index (χ3v) is 4.01. The summed E-state index contributed by atoms with van der Waals surface area (Å²) in [5, 5.41) is 5.83. The molecule has 1 aromatic rings. The molecule has 0 spiro atoms. The van der Waals surface area contributed by atoms with Crippen LogP contribution in [0.3, 0.4) is 0 Å². The SMILES string of the molecule is CCCCC(CN)NC(=O)C(NC(=O)Cc1ccccc1)C(C)C. The molecule has 0 saturated heterocycles. The van der Waals surface area contributed by atoms with Crippen molar-refractivity contribution in [3.63, 3.8) is 0 Å². The topological polar surface area (TPSA) is 84.2 Å². The zero-order valence-corrected chi connectivity index (χ0v) is 15.0. The summed E-state index contributed by atoms with van der Waals surface area (Å²) in [5.41, 5.74) is 6.67. The van der Waals surface area contributed by atoms with Crippen molar-refractivity contribution in [3.8, 4) is 0 Å². The Bertz CT molecular complexity index is 503. The van der Waals surface area contributed by atoms with Crippen LogP contribution < -0.4 is 16.4 Å². The van der Waals surface area contributed by atoms with Gasteiger partial charge in [0.05, 0.1) is 6.42 Å². The summed E-state index contributed by atoms with van der Waals surface area (Å²) in [5.74, 6) is -0.291. The molecule has 4 N–H and O–H groups in total. The number of carbonyl (C=O) groups is 2. The van der Waals surface area contributed by atoms with Crippen LogP contribution in [0.5, 0.6) is 0 Å². The summed E-state index contributed by atoms with van der Waals surface area (Å²) in [4.78, 5) is 24.8. The van der Waals surface area contributed by atoms with Gasteiger partial charge in [-0.25, -0.2) is 0 Å². The van der Waals surface area contributed by atoms with Crippen LogP contribution in [-0.2, 0) is 16.0 Å². The second kappa shape index (κ2) is 10.8. The number of nitrogens with one attached hydrogen (secondary N) is 2. The lowest BCUT2D eigenvalue weighted by atomic mass is 10.0. The molecular formula is C19H31N3O2. The summed E-state index contributed by atoms with van der Waals surface area (Å²) in [7, 11) is 0. The van der Waals surface area contributed by atoms with Crippen LogP contribution in [0.1, 0.15) is 45.6 Å². The van der Waals surface area contributed by atoms with Crippen molar-refractivity contribution in [2.24, 2.45) is 11.7 Å². The van der Waals surface area contributed by atoms with E-state index in [2.05, 4.69) is 17.6 Å². The van der Waals surface area contributed by atoms with E-state index in [1.807, 2.05) is 44.2 Å². The number of benzene rings is 1. The number of amides is 2. The quantitative estimate of drug-likeness (QED) is 0.612. The van der Waals surface area contributed by atoms with Crippen LogP contribution in [-0.4, -0.2) is 30.4 Å². The van der Waals surface area contributed by atoms with Gasteiger partial charge in [-0.05, 0) is 17.9 Å². The largest absolute Gasteiger partial charge is 0.350 e. The smallest absolute Gasteiger partial charge is 0.243 e. The van der Waals surface area contributed by atoms with E-state index in [4.69, 9.17) is 5.73 Å². The number of carbonyl (C=O) groups excluding carboxylic acids is 2. The molecule has 5 heteroatoms. The Balaban J connectivity index is 2.61. The van der Waals surface area contributed by atoms with E-state index in [0.29, 0.717) is 6.54 Å². The average Bonchev–Trinajstić information content (AvgIpc) is 2.56. The van der Waals surface area contributed by atoms with Crippen LogP contribution in [0, 0.1) is 5.92 Å². The maximum absolute atomic E-state index is 12.5. The van der Waals surface area contributed by atoms with Crippen molar-refractivity contribution < 1.29 is 9.59 Å². The van der Waals surface area contributed by atoms with Gasteiger partial charge in [-0.2, -0.15) is 0 Å². The summed E-state index contributed by atoms with van der Waals surface area (Å²) < 4.78 is 0. The monoisotopic (exact) mass is 333 g/mol. The predicted molar refractivity (Wildman–Crippen MR) is 97.4 cm³/mol. The van der Waals surface area contributed by atoms with Crippen LogP contribution in [0.15, 0.2) is 30.3 Å². The molecule has 0 aliphatic rings. The van der Waals surface area contributed by atoms with Crippen LogP contribution in [0.4, 0.5) is 0 Å². The molecule has 1 aromatic carbocycles. The lowest BCUT2D eigenvalue weighted by Gasteiger charge is -2.25. The highest BCUT2D eigenvalue weighted by Crippen LogP contribution is 2.06. The molecule has 134 valence electrons. The minimum atomic E-state index is -0.545. The van der Waals surface area contributed by atoms with Gasteiger partial charge < -0.3 is 16.4 Å². The molecule has 0 aliphatic heterocycles. The molecule has 0 aliphatic carbocycles. The lowest BCUT2D eigenvalue weighted by Crippen LogP contribution is -2.53. The molecule has 0 aromatic heterocycles.